The number of hydrogen-bond donors (Lipinski definition) is 3. The molecule has 4 unspecified atom stereocenters. The minimum Gasteiger partial charge on any atom is -0.481 e. The molecule has 0 heterocycles. The van der Waals surface area contributed by atoms with Crippen LogP contribution < -0.4 is 5.73 Å². The maximum absolute atomic E-state index is 11.8. The van der Waals surface area contributed by atoms with Crippen LogP contribution in [-0.2, 0) is 9.36 Å². The van der Waals surface area contributed by atoms with Crippen LogP contribution in [0, 0.1) is 11.8 Å². The Hall–Kier alpha value is -0.510. The number of nitrogens with two attached hydrogens (primary N) is 1. The summed E-state index contributed by atoms with van der Waals surface area (Å²) in [7, 11) is -2.58. The van der Waals surface area contributed by atoms with E-state index < -0.39 is 31.6 Å². The topological polar surface area (TPSA) is 101 Å². The Balaban J connectivity index is 2.72. The molecule has 0 amide bonds. The zero-order chi connectivity index (χ0) is 16.5. The van der Waals surface area contributed by atoms with Gasteiger partial charge in [0.2, 0.25) is 5.66 Å². The highest BCUT2D eigenvalue weighted by Crippen LogP contribution is 2.39. The van der Waals surface area contributed by atoms with Crippen molar-refractivity contribution >= 4 is 14.0 Å². The van der Waals surface area contributed by atoms with Crippen molar-refractivity contribution in [1.29, 1.82) is 0 Å². The van der Waals surface area contributed by atoms with Gasteiger partial charge in [0.1, 0.15) is 5.92 Å². The molecule has 0 saturated heterocycles. The van der Waals surface area contributed by atoms with Gasteiger partial charge in [0.25, 0.3) is 0 Å². The summed E-state index contributed by atoms with van der Waals surface area (Å²) in [4.78, 5) is 21.3. The molecule has 1 aliphatic rings. The van der Waals surface area contributed by atoms with Crippen molar-refractivity contribution in [3.05, 3.63) is 0 Å². The fourth-order valence-electron chi connectivity index (χ4n) is 3.59. The monoisotopic (exact) mass is 332 g/mol. The molecule has 0 bridgehead atoms. The molecule has 128 valence electrons. The molecule has 0 aromatic rings. The first-order valence-electron chi connectivity index (χ1n) is 8.61. The van der Waals surface area contributed by atoms with Gasteiger partial charge in [0.05, 0.1) is 6.04 Å². The molecule has 4 atom stereocenters. The Labute approximate surface area is 134 Å². The molecular formula is C16H31NO4P+. The summed E-state index contributed by atoms with van der Waals surface area (Å²) in [6, 6.07) is -0.509. The van der Waals surface area contributed by atoms with Crippen LogP contribution in [0.15, 0.2) is 0 Å². The van der Waals surface area contributed by atoms with Crippen molar-refractivity contribution in [1.82, 2.24) is 0 Å². The van der Waals surface area contributed by atoms with Crippen molar-refractivity contribution in [3.8, 4) is 0 Å². The van der Waals surface area contributed by atoms with Crippen LogP contribution in [0.2, 0.25) is 0 Å². The van der Waals surface area contributed by atoms with E-state index in [0.717, 1.165) is 44.9 Å². The lowest BCUT2D eigenvalue weighted by Crippen LogP contribution is -2.42. The van der Waals surface area contributed by atoms with Crippen LogP contribution in [0.4, 0.5) is 0 Å². The van der Waals surface area contributed by atoms with Gasteiger partial charge < -0.3 is 10.8 Å². The molecule has 1 aliphatic carbocycles. The van der Waals surface area contributed by atoms with Crippen molar-refractivity contribution in [2.24, 2.45) is 17.6 Å². The van der Waals surface area contributed by atoms with Gasteiger partial charge in [-0.3, -0.25) is 4.79 Å². The minimum absolute atomic E-state index is 0.357. The normalized spacial score (nSPS) is 21.1. The number of hydrogen-bond acceptors (Lipinski definition) is 3. The van der Waals surface area contributed by atoms with E-state index in [1.54, 1.807) is 0 Å². The Kier molecular flexibility index (Phi) is 9.15. The fraction of sp³-hybridized carbons (Fsp3) is 0.938. The summed E-state index contributed by atoms with van der Waals surface area (Å²) < 4.78 is 11.8. The summed E-state index contributed by atoms with van der Waals surface area (Å²) in [5, 5.41) is 9.55. The lowest BCUT2D eigenvalue weighted by Gasteiger charge is -2.27. The summed E-state index contributed by atoms with van der Waals surface area (Å²) in [6.07, 6.45) is 9.60. The second-order valence-corrected chi connectivity index (χ2v) is 7.84. The molecule has 22 heavy (non-hydrogen) atoms. The molecule has 0 spiro atoms. The number of carbonyl (C=O) groups is 1. The molecule has 0 aliphatic heterocycles. The zero-order valence-corrected chi connectivity index (χ0v) is 14.5. The van der Waals surface area contributed by atoms with Gasteiger partial charge in [0.15, 0.2) is 0 Å². The van der Waals surface area contributed by atoms with Crippen LogP contribution in [0.3, 0.4) is 0 Å². The third-order valence-electron chi connectivity index (χ3n) is 4.88. The van der Waals surface area contributed by atoms with E-state index in [9.17, 15) is 19.4 Å². The number of rotatable bonds is 10. The zero-order valence-electron chi connectivity index (χ0n) is 13.6. The Bertz CT molecular complexity index is 358. The van der Waals surface area contributed by atoms with Gasteiger partial charge in [-0.2, -0.15) is 4.89 Å². The maximum Gasteiger partial charge on any atom is 0.511 e. The molecule has 6 heteroatoms. The van der Waals surface area contributed by atoms with Crippen LogP contribution in [-0.4, -0.2) is 27.7 Å². The van der Waals surface area contributed by atoms with Gasteiger partial charge in [-0.15, -0.1) is 0 Å². The molecule has 1 saturated carbocycles. The van der Waals surface area contributed by atoms with Gasteiger partial charge in [0, 0.05) is 0 Å². The molecule has 1 fully saturated rings. The Morgan fingerprint density at radius 1 is 1.27 bits per heavy atom. The first-order chi connectivity index (χ1) is 10.5. The van der Waals surface area contributed by atoms with Crippen molar-refractivity contribution in [2.45, 2.75) is 82.8 Å². The fourth-order valence-corrected chi connectivity index (χ4v) is 4.62. The summed E-state index contributed by atoms with van der Waals surface area (Å²) >= 11 is 0. The van der Waals surface area contributed by atoms with Crippen LogP contribution in [0.5, 0.6) is 0 Å². The lowest BCUT2D eigenvalue weighted by atomic mass is 9.80. The smallest absolute Gasteiger partial charge is 0.481 e. The summed E-state index contributed by atoms with van der Waals surface area (Å²) in [6.45, 7) is 2.08. The molecular weight excluding hydrogens is 301 g/mol. The molecule has 0 radical (unpaired) electrons. The Morgan fingerprint density at radius 3 is 2.41 bits per heavy atom. The first kappa shape index (κ1) is 19.5. The van der Waals surface area contributed by atoms with Gasteiger partial charge in [-0.1, -0.05) is 58.3 Å². The second-order valence-electron chi connectivity index (χ2n) is 6.64. The lowest BCUT2D eigenvalue weighted by molar-refractivity contribution is -0.142. The molecule has 5 nitrogen and oxygen atoms in total. The van der Waals surface area contributed by atoms with Crippen molar-refractivity contribution < 1.29 is 19.4 Å². The molecule has 4 N–H and O–H groups in total. The van der Waals surface area contributed by atoms with Crippen LogP contribution in [0.1, 0.15) is 71.1 Å². The highest BCUT2D eigenvalue weighted by molar-refractivity contribution is 7.39. The summed E-state index contributed by atoms with van der Waals surface area (Å²) in [5.41, 5.74) is 5.27. The third kappa shape index (κ3) is 6.31. The predicted octanol–water partition coefficient (Wildman–Crippen LogP) is 3.67. The van der Waals surface area contributed by atoms with Crippen molar-refractivity contribution in [3.63, 3.8) is 0 Å². The van der Waals surface area contributed by atoms with E-state index in [1.165, 1.54) is 6.42 Å². The van der Waals surface area contributed by atoms with E-state index >= 15 is 0 Å². The van der Waals surface area contributed by atoms with E-state index in [1.807, 2.05) is 0 Å². The van der Waals surface area contributed by atoms with Gasteiger partial charge in [-0.25, -0.2) is 0 Å². The van der Waals surface area contributed by atoms with Gasteiger partial charge in [-0.05, 0) is 23.3 Å². The largest absolute Gasteiger partial charge is 0.511 e. The number of carboxylic acids is 1. The summed E-state index contributed by atoms with van der Waals surface area (Å²) in [5.74, 6) is -1.41. The highest BCUT2D eigenvalue weighted by Gasteiger charge is 2.46. The Morgan fingerprint density at radius 2 is 1.91 bits per heavy atom. The van der Waals surface area contributed by atoms with E-state index in [-0.39, 0.29) is 0 Å². The van der Waals surface area contributed by atoms with Gasteiger partial charge >= 0.3 is 14.0 Å². The minimum atomic E-state index is -2.58. The second kappa shape index (κ2) is 10.3. The standard InChI is InChI=1S/C16H30NO4P/c1-2-3-5-10-14(17)15(22(20)21)13(16(18)19)11-12-8-6-4-7-9-12/h12-15H,2-11,17H2,1H3,(H-,18,19,20,21)/p+1. The highest BCUT2D eigenvalue weighted by atomic mass is 31.1. The number of unbranched alkanes of at least 4 members (excludes halogenated alkanes) is 2. The third-order valence-corrected chi connectivity index (χ3v) is 6.13. The first-order valence-corrected chi connectivity index (χ1v) is 9.89. The SMILES string of the molecule is CCCCCC(N)C(C(CC1CCCCC1)C(=O)O)[P+](=O)O. The van der Waals surface area contributed by atoms with E-state index in [4.69, 9.17) is 5.73 Å². The number of aliphatic carboxylic acids is 1. The average Bonchev–Trinajstić information content (AvgIpc) is 2.47. The molecule has 0 aromatic carbocycles. The average molecular weight is 332 g/mol. The van der Waals surface area contributed by atoms with E-state index in [0.29, 0.717) is 18.8 Å². The molecule has 0 aromatic heterocycles. The quantitative estimate of drug-likeness (QED) is 0.418. The van der Waals surface area contributed by atoms with Crippen LogP contribution >= 0.6 is 8.03 Å². The van der Waals surface area contributed by atoms with Crippen molar-refractivity contribution in [2.75, 3.05) is 0 Å². The van der Waals surface area contributed by atoms with E-state index in [2.05, 4.69) is 6.92 Å². The molecule has 1 rings (SSSR count). The number of carboxylic acid groups (broad SMARTS) is 1. The van der Waals surface area contributed by atoms with Crippen LogP contribution in [0.25, 0.3) is 0 Å². The predicted molar refractivity (Wildman–Crippen MR) is 88.0 cm³/mol. The maximum atomic E-state index is 11.8.